The number of rotatable bonds is 5. The summed E-state index contributed by atoms with van der Waals surface area (Å²) in [6.07, 6.45) is 4.49. The normalized spacial score (nSPS) is 11.6. The summed E-state index contributed by atoms with van der Waals surface area (Å²) in [4.78, 5) is 19.6. The fourth-order valence-electron chi connectivity index (χ4n) is 2.41. The Morgan fingerprint density at radius 1 is 1.29 bits per heavy atom. The Labute approximate surface area is 139 Å². The number of para-hydroxylation sites is 1. The van der Waals surface area contributed by atoms with Crippen molar-refractivity contribution in [3.8, 4) is 0 Å². The van der Waals surface area contributed by atoms with Crippen molar-refractivity contribution in [1.29, 1.82) is 0 Å². The maximum Gasteiger partial charge on any atom is 0.295 e. The summed E-state index contributed by atoms with van der Waals surface area (Å²) in [6, 6.07) is 6.80. The van der Waals surface area contributed by atoms with E-state index in [4.69, 9.17) is 0 Å². The van der Waals surface area contributed by atoms with Gasteiger partial charge in [-0.3, -0.25) is 14.5 Å². The Morgan fingerprint density at radius 3 is 2.79 bits per heavy atom. The third-order valence-corrected chi connectivity index (χ3v) is 4.93. The minimum Gasteiger partial charge on any atom is -0.321 e. The number of imidazole rings is 1. The van der Waals surface area contributed by atoms with Crippen LogP contribution in [0.2, 0.25) is 0 Å². The van der Waals surface area contributed by atoms with Crippen LogP contribution in [0.15, 0.2) is 48.0 Å². The van der Waals surface area contributed by atoms with Gasteiger partial charge in [-0.1, -0.05) is 12.1 Å². The number of anilines is 1. The highest BCUT2D eigenvalue weighted by molar-refractivity contribution is 7.92. The average molecular weight is 344 g/mol. The van der Waals surface area contributed by atoms with Crippen LogP contribution in [0.3, 0.4) is 0 Å². The van der Waals surface area contributed by atoms with E-state index < -0.39 is 10.0 Å². The van der Waals surface area contributed by atoms with Crippen molar-refractivity contribution < 1.29 is 13.2 Å². The smallest absolute Gasteiger partial charge is 0.295 e. The van der Waals surface area contributed by atoms with E-state index in [-0.39, 0.29) is 10.9 Å². The Balaban J connectivity index is 2.05. The van der Waals surface area contributed by atoms with Crippen LogP contribution in [-0.2, 0) is 16.6 Å². The summed E-state index contributed by atoms with van der Waals surface area (Å²) in [5.74, 6) is -0.0969. The highest BCUT2D eigenvalue weighted by Crippen LogP contribution is 2.24. The largest absolute Gasteiger partial charge is 0.321 e. The van der Waals surface area contributed by atoms with Gasteiger partial charge in [-0.15, -0.1) is 0 Å². The zero-order valence-electron chi connectivity index (χ0n) is 13.2. The Kier molecular flexibility index (Phi) is 4.06. The van der Waals surface area contributed by atoms with E-state index in [1.165, 1.54) is 23.9 Å². The van der Waals surface area contributed by atoms with Crippen LogP contribution in [0.5, 0.6) is 0 Å². The lowest BCUT2D eigenvalue weighted by Crippen LogP contribution is -2.18. The van der Waals surface area contributed by atoms with Gasteiger partial charge in [-0.25, -0.2) is 4.98 Å². The molecule has 0 radical (unpaired) electrons. The number of hydrogen-bond acceptors (Lipinski definition) is 5. The summed E-state index contributed by atoms with van der Waals surface area (Å²) in [5, 5.41) is 0.629. The van der Waals surface area contributed by atoms with Crippen LogP contribution in [0.25, 0.3) is 10.9 Å². The quantitative estimate of drug-likeness (QED) is 0.718. The highest BCUT2D eigenvalue weighted by Gasteiger charge is 2.21. The summed E-state index contributed by atoms with van der Waals surface area (Å²) < 4.78 is 29.2. The third-order valence-electron chi connectivity index (χ3n) is 3.62. The number of carbonyl (C=O) groups is 1. The molecule has 0 unspecified atom stereocenters. The third kappa shape index (κ3) is 2.88. The molecule has 0 spiro atoms. The minimum atomic E-state index is -3.84. The molecule has 0 atom stereocenters. The number of sulfonamides is 1. The molecule has 1 aromatic carbocycles. The van der Waals surface area contributed by atoms with Crippen molar-refractivity contribution in [3.63, 3.8) is 0 Å². The lowest BCUT2D eigenvalue weighted by atomic mass is 10.1. The number of aryl methyl sites for hydroxylation is 1. The Morgan fingerprint density at radius 2 is 2.08 bits per heavy atom. The Hall–Kier alpha value is -2.74. The van der Waals surface area contributed by atoms with Gasteiger partial charge in [-0.2, -0.15) is 8.42 Å². The van der Waals surface area contributed by atoms with E-state index in [2.05, 4.69) is 14.7 Å². The molecule has 124 valence electrons. The molecular formula is C16H16N4O3S. The number of fused-ring (bicyclic) bond motifs is 1. The van der Waals surface area contributed by atoms with Gasteiger partial charge in [0.1, 0.15) is 0 Å². The molecule has 2 heterocycles. The maximum atomic E-state index is 12.6. The zero-order chi connectivity index (χ0) is 17.3. The first-order valence-corrected chi connectivity index (χ1v) is 8.84. The summed E-state index contributed by atoms with van der Waals surface area (Å²) in [5.41, 5.74) is 1.29. The van der Waals surface area contributed by atoms with Crippen molar-refractivity contribution in [2.75, 3.05) is 4.72 Å². The van der Waals surface area contributed by atoms with Crippen molar-refractivity contribution in [1.82, 2.24) is 14.5 Å². The number of nitrogens with one attached hydrogen (secondary N) is 1. The van der Waals surface area contributed by atoms with E-state index in [1.807, 2.05) is 6.92 Å². The number of ketones is 1. The maximum absolute atomic E-state index is 12.6. The summed E-state index contributed by atoms with van der Waals surface area (Å²) in [6.45, 7) is 3.79. The second-order valence-corrected chi connectivity index (χ2v) is 6.83. The van der Waals surface area contributed by atoms with E-state index >= 15 is 0 Å². The molecular weight excluding hydrogens is 328 g/mol. The van der Waals surface area contributed by atoms with Crippen LogP contribution in [0.1, 0.15) is 24.2 Å². The molecule has 0 fully saturated rings. The van der Waals surface area contributed by atoms with Gasteiger partial charge in [0, 0.05) is 36.1 Å². The zero-order valence-corrected chi connectivity index (χ0v) is 14.0. The first-order valence-electron chi connectivity index (χ1n) is 7.36. The lowest BCUT2D eigenvalue weighted by molar-refractivity contribution is 0.101. The van der Waals surface area contributed by atoms with Crippen LogP contribution < -0.4 is 4.72 Å². The molecule has 0 aliphatic carbocycles. The van der Waals surface area contributed by atoms with Crippen molar-refractivity contribution in [2.24, 2.45) is 0 Å². The predicted molar refractivity (Wildman–Crippen MR) is 90.5 cm³/mol. The standard InChI is InChI=1S/C16H16N4O3S/c1-3-20-8-7-17-16(20)24(22,23)19-14-6-4-5-12-9-13(11(2)21)10-18-15(12)14/h4-10,19H,3H2,1-2H3. The van der Waals surface area contributed by atoms with Gasteiger partial charge in [0.25, 0.3) is 10.0 Å². The molecule has 0 saturated heterocycles. The summed E-state index contributed by atoms with van der Waals surface area (Å²) >= 11 is 0. The van der Waals surface area contributed by atoms with Gasteiger partial charge in [0.2, 0.25) is 5.16 Å². The van der Waals surface area contributed by atoms with Crippen LogP contribution >= 0.6 is 0 Å². The van der Waals surface area contributed by atoms with E-state index in [0.717, 1.165) is 0 Å². The van der Waals surface area contributed by atoms with Crippen LogP contribution in [-0.4, -0.2) is 28.7 Å². The van der Waals surface area contributed by atoms with Gasteiger partial charge < -0.3 is 4.57 Å². The lowest BCUT2D eigenvalue weighted by Gasteiger charge is -2.11. The number of Topliss-reactive ketones (excluding diaryl/α,β-unsaturated/α-hetero) is 1. The second kappa shape index (κ2) is 6.04. The van der Waals surface area contributed by atoms with Crippen molar-refractivity contribution in [3.05, 3.63) is 48.4 Å². The molecule has 8 heteroatoms. The minimum absolute atomic E-state index is 0.0534. The fourth-order valence-corrected chi connectivity index (χ4v) is 3.65. The van der Waals surface area contributed by atoms with E-state index in [0.29, 0.717) is 28.7 Å². The molecule has 1 N–H and O–H groups in total. The first-order chi connectivity index (χ1) is 11.4. The highest BCUT2D eigenvalue weighted by atomic mass is 32.2. The number of carbonyl (C=O) groups excluding carboxylic acids is 1. The summed E-state index contributed by atoms with van der Waals surface area (Å²) in [7, 11) is -3.84. The number of hydrogen-bond donors (Lipinski definition) is 1. The van der Waals surface area contributed by atoms with Crippen LogP contribution in [0, 0.1) is 0 Å². The Bertz CT molecular complexity index is 1020. The molecule has 3 rings (SSSR count). The number of aromatic nitrogens is 3. The molecule has 24 heavy (non-hydrogen) atoms. The van der Waals surface area contributed by atoms with E-state index in [1.54, 1.807) is 30.5 Å². The molecule has 0 aliphatic heterocycles. The van der Waals surface area contributed by atoms with Crippen molar-refractivity contribution in [2.45, 2.75) is 25.5 Å². The second-order valence-electron chi connectivity index (χ2n) is 5.26. The van der Waals surface area contributed by atoms with Gasteiger partial charge in [0.05, 0.1) is 11.2 Å². The molecule has 2 aromatic heterocycles. The first kappa shape index (κ1) is 16.1. The fraction of sp³-hybridized carbons (Fsp3) is 0.188. The van der Waals surface area contributed by atoms with Gasteiger partial charge in [0.15, 0.2) is 5.78 Å². The van der Waals surface area contributed by atoms with E-state index in [9.17, 15) is 13.2 Å². The molecule has 0 amide bonds. The molecule has 0 aliphatic rings. The van der Waals surface area contributed by atoms with Gasteiger partial charge >= 0.3 is 0 Å². The number of nitrogens with zero attached hydrogens (tertiary/aromatic N) is 3. The molecule has 7 nitrogen and oxygen atoms in total. The van der Waals surface area contributed by atoms with Gasteiger partial charge in [-0.05, 0) is 26.0 Å². The monoisotopic (exact) mass is 344 g/mol. The SMILES string of the molecule is CCn1ccnc1S(=O)(=O)Nc1cccc2cc(C(C)=O)cnc12. The van der Waals surface area contributed by atoms with Crippen molar-refractivity contribution >= 4 is 32.4 Å². The number of pyridine rings is 1. The topological polar surface area (TPSA) is 94.0 Å². The average Bonchev–Trinajstić information content (AvgIpc) is 3.04. The van der Waals surface area contributed by atoms with Crippen LogP contribution in [0.4, 0.5) is 5.69 Å². The number of benzene rings is 1. The predicted octanol–water partition coefficient (Wildman–Crippen LogP) is 2.45. The molecule has 0 saturated carbocycles. The molecule has 3 aromatic rings. The molecule has 0 bridgehead atoms.